The third-order valence-electron chi connectivity index (χ3n) is 3.27. The van der Waals surface area contributed by atoms with Gasteiger partial charge >= 0.3 is 0 Å². The predicted molar refractivity (Wildman–Crippen MR) is 92.1 cm³/mol. The van der Waals surface area contributed by atoms with Gasteiger partial charge in [0.15, 0.2) is 0 Å². The summed E-state index contributed by atoms with van der Waals surface area (Å²) in [7, 11) is 0. The number of anilines is 1. The van der Waals surface area contributed by atoms with Crippen molar-refractivity contribution >= 4 is 35.0 Å². The minimum atomic E-state index is -0.431. The van der Waals surface area contributed by atoms with Crippen LogP contribution in [0.2, 0.25) is 5.02 Å². The number of aryl methyl sites for hydroxylation is 1. The van der Waals surface area contributed by atoms with Crippen LogP contribution >= 0.6 is 23.4 Å². The second kappa shape index (κ2) is 7.11. The van der Waals surface area contributed by atoms with Gasteiger partial charge < -0.3 is 14.2 Å². The molecule has 1 N–H and O–H groups in total. The lowest BCUT2D eigenvalue weighted by Gasteiger charge is -2.10. The SMILES string of the molecule is Cc1occc1-c1nnc(SC(C)C(=O)Nc2ccccc2Cl)o1. The smallest absolute Gasteiger partial charge is 0.277 e. The quantitative estimate of drug-likeness (QED) is 0.676. The molecule has 3 aromatic rings. The Morgan fingerprint density at radius 1 is 1.29 bits per heavy atom. The Morgan fingerprint density at radius 2 is 2.08 bits per heavy atom. The van der Waals surface area contributed by atoms with E-state index in [1.807, 2.05) is 6.92 Å². The lowest BCUT2D eigenvalue weighted by molar-refractivity contribution is -0.115. The Hall–Kier alpha value is -2.25. The van der Waals surface area contributed by atoms with E-state index in [0.29, 0.717) is 27.6 Å². The topological polar surface area (TPSA) is 81.2 Å². The molecule has 0 aliphatic heterocycles. The van der Waals surface area contributed by atoms with Crippen molar-refractivity contribution in [3.63, 3.8) is 0 Å². The number of amides is 1. The zero-order chi connectivity index (χ0) is 17.1. The zero-order valence-electron chi connectivity index (χ0n) is 12.9. The number of aromatic nitrogens is 2. The summed E-state index contributed by atoms with van der Waals surface area (Å²) in [4.78, 5) is 12.3. The van der Waals surface area contributed by atoms with Crippen molar-refractivity contribution in [2.75, 3.05) is 5.32 Å². The van der Waals surface area contributed by atoms with Crippen molar-refractivity contribution in [3.05, 3.63) is 47.4 Å². The molecule has 124 valence electrons. The Balaban J connectivity index is 1.66. The fraction of sp³-hybridized carbons (Fsp3) is 0.188. The first-order valence-electron chi connectivity index (χ1n) is 7.14. The third-order valence-corrected chi connectivity index (χ3v) is 4.54. The number of nitrogens with one attached hydrogen (secondary N) is 1. The molecule has 0 spiro atoms. The molecule has 0 saturated carbocycles. The number of nitrogens with zero attached hydrogens (tertiary/aromatic N) is 2. The maximum Gasteiger partial charge on any atom is 0.277 e. The first-order valence-corrected chi connectivity index (χ1v) is 8.40. The van der Waals surface area contributed by atoms with Crippen molar-refractivity contribution < 1.29 is 13.6 Å². The number of carbonyl (C=O) groups is 1. The number of halogens is 1. The Kier molecular flexibility index (Phi) is 4.92. The van der Waals surface area contributed by atoms with Crippen molar-refractivity contribution in [3.8, 4) is 11.5 Å². The number of thioether (sulfide) groups is 1. The average molecular weight is 364 g/mol. The standard InChI is InChI=1S/C16H14ClN3O3S/c1-9-11(7-8-22-9)15-19-20-16(23-15)24-10(2)14(21)18-13-6-4-3-5-12(13)17/h3-8,10H,1-2H3,(H,18,21). The first-order chi connectivity index (χ1) is 11.5. The van der Waals surface area contributed by atoms with Crippen LogP contribution in [0.4, 0.5) is 5.69 Å². The van der Waals surface area contributed by atoms with Crippen LogP contribution in [0.3, 0.4) is 0 Å². The highest BCUT2D eigenvalue weighted by Crippen LogP contribution is 2.29. The van der Waals surface area contributed by atoms with Crippen LogP contribution in [0.5, 0.6) is 0 Å². The lowest BCUT2D eigenvalue weighted by Crippen LogP contribution is -2.22. The van der Waals surface area contributed by atoms with Gasteiger partial charge in [-0.05, 0) is 32.0 Å². The van der Waals surface area contributed by atoms with Crippen molar-refractivity contribution in [2.45, 2.75) is 24.3 Å². The zero-order valence-corrected chi connectivity index (χ0v) is 14.5. The number of rotatable bonds is 5. The summed E-state index contributed by atoms with van der Waals surface area (Å²) in [6.07, 6.45) is 1.56. The minimum Gasteiger partial charge on any atom is -0.469 e. The summed E-state index contributed by atoms with van der Waals surface area (Å²) in [5.41, 5.74) is 1.30. The highest BCUT2D eigenvalue weighted by Gasteiger charge is 2.20. The van der Waals surface area contributed by atoms with Crippen LogP contribution in [0.1, 0.15) is 12.7 Å². The highest BCUT2D eigenvalue weighted by molar-refractivity contribution is 8.00. The van der Waals surface area contributed by atoms with E-state index in [2.05, 4.69) is 15.5 Å². The molecule has 6 nitrogen and oxygen atoms in total. The Labute approximate surface area is 147 Å². The fourth-order valence-corrected chi connectivity index (χ4v) is 2.84. The Bertz CT molecular complexity index is 862. The molecule has 0 saturated heterocycles. The van der Waals surface area contributed by atoms with Crippen LogP contribution < -0.4 is 5.32 Å². The van der Waals surface area contributed by atoms with E-state index in [4.69, 9.17) is 20.4 Å². The summed E-state index contributed by atoms with van der Waals surface area (Å²) < 4.78 is 10.8. The van der Waals surface area contributed by atoms with Gasteiger partial charge in [0.2, 0.25) is 5.91 Å². The second-order valence-corrected chi connectivity index (χ2v) is 6.69. The summed E-state index contributed by atoms with van der Waals surface area (Å²) >= 11 is 7.21. The second-order valence-electron chi connectivity index (χ2n) is 4.99. The summed E-state index contributed by atoms with van der Waals surface area (Å²) in [5.74, 6) is 0.856. The van der Waals surface area contributed by atoms with Crippen LogP contribution in [0.15, 0.2) is 50.7 Å². The van der Waals surface area contributed by atoms with Gasteiger partial charge in [-0.2, -0.15) is 0 Å². The van der Waals surface area contributed by atoms with Crippen LogP contribution in [0, 0.1) is 6.92 Å². The predicted octanol–water partition coefficient (Wildman–Crippen LogP) is 4.41. The van der Waals surface area contributed by atoms with E-state index in [9.17, 15) is 4.79 Å². The van der Waals surface area contributed by atoms with Crippen LogP contribution in [0.25, 0.3) is 11.5 Å². The highest BCUT2D eigenvalue weighted by atomic mass is 35.5. The number of benzene rings is 1. The maximum absolute atomic E-state index is 12.3. The van der Waals surface area contributed by atoms with E-state index in [0.717, 1.165) is 5.56 Å². The average Bonchev–Trinajstić information content (AvgIpc) is 3.18. The van der Waals surface area contributed by atoms with Crippen LogP contribution in [-0.4, -0.2) is 21.4 Å². The largest absolute Gasteiger partial charge is 0.469 e. The molecule has 0 bridgehead atoms. The first kappa shape index (κ1) is 16.6. The molecule has 0 aliphatic rings. The van der Waals surface area contributed by atoms with Crippen molar-refractivity contribution in [1.29, 1.82) is 0 Å². The number of hydrogen-bond acceptors (Lipinski definition) is 6. The summed E-state index contributed by atoms with van der Waals surface area (Å²) in [6, 6.07) is 8.81. The third kappa shape index (κ3) is 3.63. The van der Waals surface area contributed by atoms with E-state index in [1.54, 1.807) is 43.5 Å². The summed E-state index contributed by atoms with van der Waals surface area (Å²) in [6.45, 7) is 3.57. The molecule has 0 fully saturated rings. The molecule has 8 heteroatoms. The molecule has 2 heterocycles. The molecule has 3 rings (SSSR count). The number of para-hydroxylation sites is 1. The molecule has 0 radical (unpaired) electrons. The molecule has 2 aromatic heterocycles. The molecule has 0 aliphatic carbocycles. The van der Waals surface area contributed by atoms with Gasteiger partial charge in [0.25, 0.3) is 11.1 Å². The molecular weight excluding hydrogens is 350 g/mol. The molecule has 1 aromatic carbocycles. The van der Waals surface area contributed by atoms with Gasteiger partial charge in [-0.1, -0.05) is 35.5 Å². The molecular formula is C16H14ClN3O3S. The fourth-order valence-electron chi connectivity index (χ4n) is 1.97. The number of carbonyl (C=O) groups excluding carboxylic acids is 1. The van der Waals surface area contributed by atoms with Gasteiger partial charge in [-0.25, -0.2) is 0 Å². The van der Waals surface area contributed by atoms with Gasteiger partial charge in [0.05, 0.1) is 27.8 Å². The summed E-state index contributed by atoms with van der Waals surface area (Å²) in [5, 5.41) is 11.1. The minimum absolute atomic E-state index is 0.202. The molecule has 1 unspecified atom stereocenters. The van der Waals surface area contributed by atoms with Gasteiger partial charge in [-0.3, -0.25) is 4.79 Å². The van der Waals surface area contributed by atoms with Gasteiger partial charge in [-0.15, -0.1) is 10.2 Å². The normalized spacial score (nSPS) is 12.1. The van der Waals surface area contributed by atoms with E-state index >= 15 is 0 Å². The lowest BCUT2D eigenvalue weighted by atomic mass is 10.3. The molecule has 1 amide bonds. The monoisotopic (exact) mass is 363 g/mol. The van der Waals surface area contributed by atoms with Crippen molar-refractivity contribution in [1.82, 2.24) is 10.2 Å². The molecule has 24 heavy (non-hydrogen) atoms. The van der Waals surface area contributed by atoms with Gasteiger partial charge in [0, 0.05) is 0 Å². The van der Waals surface area contributed by atoms with Crippen LogP contribution in [-0.2, 0) is 4.79 Å². The van der Waals surface area contributed by atoms with E-state index in [-0.39, 0.29) is 5.91 Å². The van der Waals surface area contributed by atoms with Crippen molar-refractivity contribution in [2.24, 2.45) is 0 Å². The Morgan fingerprint density at radius 3 is 2.79 bits per heavy atom. The maximum atomic E-state index is 12.3. The number of hydrogen-bond donors (Lipinski definition) is 1. The van der Waals surface area contributed by atoms with Gasteiger partial charge in [0.1, 0.15) is 5.76 Å². The molecule has 1 atom stereocenters. The number of furan rings is 1. The van der Waals surface area contributed by atoms with E-state index < -0.39 is 5.25 Å². The van der Waals surface area contributed by atoms with E-state index in [1.165, 1.54) is 11.8 Å².